The molecule has 2 aliphatic heterocycles. The summed E-state index contributed by atoms with van der Waals surface area (Å²) in [4.78, 5) is 2.40. The molecule has 0 amide bonds. The van der Waals surface area contributed by atoms with E-state index in [1.54, 1.807) is 0 Å². The molecule has 0 radical (unpaired) electrons. The zero-order valence-corrected chi connectivity index (χ0v) is 7.88. The van der Waals surface area contributed by atoms with Crippen LogP contribution in [0.5, 0.6) is 0 Å². The highest BCUT2D eigenvalue weighted by molar-refractivity contribution is 4.98. The lowest BCUT2D eigenvalue weighted by molar-refractivity contribution is 0.0282. The quantitative estimate of drug-likeness (QED) is 0.602. The SMILES string of the molecule is CC(C)(O)CN1C[C@@H]2C[C@H]1CN2. The molecule has 2 aliphatic rings. The fourth-order valence-corrected chi connectivity index (χ4v) is 2.34. The maximum atomic E-state index is 9.64. The summed E-state index contributed by atoms with van der Waals surface area (Å²) in [7, 11) is 0. The molecule has 0 spiro atoms. The van der Waals surface area contributed by atoms with E-state index in [-0.39, 0.29) is 0 Å². The van der Waals surface area contributed by atoms with E-state index < -0.39 is 5.60 Å². The second-order valence-corrected chi connectivity index (χ2v) is 4.74. The highest BCUT2D eigenvalue weighted by atomic mass is 16.3. The van der Waals surface area contributed by atoms with Crippen molar-refractivity contribution in [3.8, 4) is 0 Å². The third-order valence-electron chi connectivity index (χ3n) is 2.76. The number of fused-ring (bicyclic) bond motifs is 2. The lowest BCUT2D eigenvalue weighted by Crippen LogP contribution is -2.48. The highest BCUT2D eigenvalue weighted by Gasteiger charge is 2.38. The summed E-state index contributed by atoms with van der Waals surface area (Å²) in [5.41, 5.74) is -0.537. The molecule has 2 saturated heterocycles. The first kappa shape index (κ1) is 8.48. The van der Waals surface area contributed by atoms with E-state index >= 15 is 0 Å². The third kappa shape index (κ3) is 1.63. The van der Waals surface area contributed by atoms with Crippen LogP contribution < -0.4 is 5.32 Å². The number of likely N-dealkylation sites (tertiary alicyclic amines) is 1. The van der Waals surface area contributed by atoms with Gasteiger partial charge in [-0.1, -0.05) is 0 Å². The van der Waals surface area contributed by atoms with Crippen molar-refractivity contribution in [3.63, 3.8) is 0 Å². The van der Waals surface area contributed by atoms with Crippen molar-refractivity contribution in [1.29, 1.82) is 0 Å². The number of nitrogens with one attached hydrogen (secondary N) is 1. The minimum atomic E-state index is -0.537. The molecule has 0 saturated carbocycles. The number of aliphatic hydroxyl groups is 1. The number of hydrogen-bond donors (Lipinski definition) is 2. The number of nitrogens with zero attached hydrogens (tertiary/aromatic N) is 1. The normalized spacial score (nSPS) is 36.2. The van der Waals surface area contributed by atoms with E-state index in [2.05, 4.69) is 10.2 Å². The van der Waals surface area contributed by atoms with Crippen LogP contribution >= 0.6 is 0 Å². The molecule has 12 heavy (non-hydrogen) atoms. The maximum Gasteiger partial charge on any atom is 0.0718 e. The lowest BCUT2D eigenvalue weighted by atomic mass is 10.1. The fourth-order valence-electron chi connectivity index (χ4n) is 2.34. The minimum absolute atomic E-state index is 0.537. The predicted octanol–water partition coefficient (Wildman–Crippen LogP) is -0.197. The van der Waals surface area contributed by atoms with Crippen LogP contribution in [0.4, 0.5) is 0 Å². The zero-order chi connectivity index (χ0) is 8.77. The molecule has 0 aromatic heterocycles. The lowest BCUT2D eigenvalue weighted by Gasteiger charge is -2.32. The number of rotatable bonds is 2. The molecular formula is C9H18N2O. The van der Waals surface area contributed by atoms with Crippen molar-refractivity contribution in [1.82, 2.24) is 10.2 Å². The summed E-state index contributed by atoms with van der Waals surface area (Å²) < 4.78 is 0. The standard InChI is InChI=1S/C9H18N2O/c1-9(2,12)6-11-5-7-3-8(11)4-10-7/h7-8,10,12H,3-6H2,1-2H3/t7-,8-/m0/s1. The van der Waals surface area contributed by atoms with Gasteiger partial charge in [0.1, 0.15) is 0 Å². The van der Waals surface area contributed by atoms with Gasteiger partial charge in [0.05, 0.1) is 5.60 Å². The Hall–Kier alpha value is -0.120. The predicted molar refractivity (Wildman–Crippen MR) is 48.1 cm³/mol. The summed E-state index contributed by atoms with van der Waals surface area (Å²) in [6, 6.07) is 1.37. The minimum Gasteiger partial charge on any atom is -0.389 e. The molecule has 3 heteroatoms. The molecule has 2 atom stereocenters. The average Bonchev–Trinajstić information content (AvgIpc) is 2.42. The maximum absolute atomic E-state index is 9.64. The van der Waals surface area contributed by atoms with Crippen LogP contribution in [0.3, 0.4) is 0 Å². The smallest absolute Gasteiger partial charge is 0.0718 e. The topological polar surface area (TPSA) is 35.5 Å². The van der Waals surface area contributed by atoms with E-state index in [1.807, 2.05) is 13.8 Å². The van der Waals surface area contributed by atoms with E-state index in [9.17, 15) is 5.11 Å². The average molecular weight is 170 g/mol. The van der Waals surface area contributed by atoms with Gasteiger partial charge in [-0.05, 0) is 20.3 Å². The molecule has 0 aromatic carbocycles. The van der Waals surface area contributed by atoms with Crippen LogP contribution in [0.15, 0.2) is 0 Å². The van der Waals surface area contributed by atoms with Gasteiger partial charge in [-0.15, -0.1) is 0 Å². The molecule has 2 rings (SSSR count). The molecule has 3 nitrogen and oxygen atoms in total. The van der Waals surface area contributed by atoms with Crippen molar-refractivity contribution in [2.75, 3.05) is 19.6 Å². The van der Waals surface area contributed by atoms with Crippen molar-refractivity contribution >= 4 is 0 Å². The second kappa shape index (κ2) is 2.69. The Bertz CT molecular complexity index is 176. The molecule has 0 aromatic rings. The van der Waals surface area contributed by atoms with Crippen molar-refractivity contribution in [2.24, 2.45) is 0 Å². The number of piperazine rings is 1. The number of hydrogen-bond acceptors (Lipinski definition) is 3. The van der Waals surface area contributed by atoms with Crippen LogP contribution in [0.25, 0.3) is 0 Å². The van der Waals surface area contributed by atoms with Gasteiger partial charge in [0.2, 0.25) is 0 Å². The largest absolute Gasteiger partial charge is 0.389 e. The van der Waals surface area contributed by atoms with Crippen LogP contribution in [0.2, 0.25) is 0 Å². The van der Waals surface area contributed by atoms with Crippen molar-refractivity contribution in [2.45, 2.75) is 38.0 Å². The van der Waals surface area contributed by atoms with Crippen molar-refractivity contribution in [3.05, 3.63) is 0 Å². The first-order valence-corrected chi connectivity index (χ1v) is 4.74. The van der Waals surface area contributed by atoms with Gasteiger partial charge < -0.3 is 10.4 Å². The molecule has 2 fully saturated rings. The van der Waals surface area contributed by atoms with Gasteiger partial charge in [0.15, 0.2) is 0 Å². The Morgan fingerprint density at radius 1 is 1.58 bits per heavy atom. The van der Waals surface area contributed by atoms with Gasteiger partial charge >= 0.3 is 0 Å². The summed E-state index contributed by atoms with van der Waals surface area (Å²) >= 11 is 0. The van der Waals surface area contributed by atoms with Gasteiger partial charge in [-0.2, -0.15) is 0 Å². The summed E-state index contributed by atoms with van der Waals surface area (Å²) in [6.45, 7) is 6.81. The van der Waals surface area contributed by atoms with Gasteiger partial charge in [0.25, 0.3) is 0 Å². The first-order valence-electron chi connectivity index (χ1n) is 4.74. The van der Waals surface area contributed by atoms with Gasteiger partial charge in [0, 0.05) is 31.7 Å². The molecule has 2 N–H and O–H groups in total. The van der Waals surface area contributed by atoms with E-state index in [1.165, 1.54) is 6.42 Å². The first-order chi connectivity index (χ1) is 5.54. The Labute approximate surface area is 73.8 Å². The Balaban J connectivity index is 1.91. The Morgan fingerprint density at radius 3 is 2.75 bits per heavy atom. The molecule has 0 unspecified atom stereocenters. The molecule has 70 valence electrons. The summed E-state index contributed by atoms with van der Waals surface area (Å²) in [5, 5.41) is 13.1. The molecule has 0 aliphatic carbocycles. The molecular weight excluding hydrogens is 152 g/mol. The molecule has 2 bridgehead atoms. The van der Waals surface area contributed by atoms with Gasteiger partial charge in [-0.25, -0.2) is 0 Å². The molecule has 2 heterocycles. The monoisotopic (exact) mass is 170 g/mol. The summed E-state index contributed by atoms with van der Waals surface area (Å²) in [5.74, 6) is 0. The van der Waals surface area contributed by atoms with Crippen LogP contribution in [-0.2, 0) is 0 Å². The zero-order valence-electron chi connectivity index (χ0n) is 7.88. The Kier molecular flexibility index (Phi) is 1.90. The Morgan fingerprint density at radius 2 is 2.33 bits per heavy atom. The van der Waals surface area contributed by atoms with Gasteiger partial charge in [-0.3, -0.25) is 4.90 Å². The third-order valence-corrected chi connectivity index (χ3v) is 2.76. The van der Waals surface area contributed by atoms with Crippen LogP contribution in [-0.4, -0.2) is 47.3 Å². The fraction of sp³-hybridized carbons (Fsp3) is 1.00. The van der Waals surface area contributed by atoms with E-state index in [0.717, 1.165) is 19.6 Å². The van der Waals surface area contributed by atoms with E-state index in [4.69, 9.17) is 0 Å². The summed E-state index contributed by atoms with van der Waals surface area (Å²) in [6.07, 6.45) is 1.27. The van der Waals surface area contributed by atoms with Crippen LogP contribution in [0.1, 0.15) is 20.3 Å². The van der Waals surface area contributed by atoms with Crippen LogP contribution in [0, 0.1) is 0 Å². The van der Waals surface area contributed by atoms with Crippen molar-refractivity contribution < 1.29 is 5.11 Å². The second-order valence-electron chi connectivity index (χ2n) is 4.74. The number of β-amino-alcohol motifs (C(OH)–C–C–N with tert-alkyl or cyclic N) is 1. The highest BCUT2D eigenvalue weighted by Crippen LogP contribution is 2.24. The van der Waals surface area contributed by atoms with E-state index in [0.29, 0.717) is 12.1 Å².